The van der Waals surface area contributed by atoms with E-state index in [1.54, 1.807) is 11.0 Å². The third-order valence-electron chi connectivity index (χ3n) is 4.31. The van der Waals surface area contributed by atoms with Crippen LogP contribution >= 0.6 is 0 Å². The van der Waals surface area contributed by atoms with Gasteiger partial charge in [0.1, 0.15) is 11.6 Å². The lowest BCUT2D eigenvalue weighted by Gasteiger charge is -2.31. The molecule has 0 atom stereocenters. The highest BCUT2D eigenvalue weighted by Crippen LogP contribution is 2.30. The highest BCUT2D eigenvalue weighted by Gasteiger charge is 2.22. The fourth-order valence-electron chi connectivity index (χ4n) is 3.06. The lowest BCUT2D eigenvalue weighted by atomic mass is 9.98. The SMILES string of the molecule is Nc1nc(N)c2c(OCC3CCN(CC(F)F)CC3)cccc2n1. The van der Waals surface area contributed by atoms with Gasteiger partial charge in [0, 0.05) is 0 Å². The van der Waals surface area contributed by atoms with Crippen LogP contribution in [-0.2, 0) is 0 Å². The topological polar surface area (TPSA) is 90.3 Å². The van der Waals surface area contributed by atoms with E-state index in [0.29, 0.717) is 48.1 Å². The maximum Gasteiger partial charge on any atom is 0.251 e. The van der Waals surface area contributed by atoms with E-state index in [9.17, 15) is 8.78 Å². The number of fused-ring (bicyclic) bond motifs is 1. The number of nitrogens with zero attached hydrogens (tertiary/aromatic N) is 3. The fourth-order valence-corrected chi connectivity index (χ4v) is 3.06. The van der Waals surface area contributed by atoms with Gasteiger partial charge in [0.15, 0.2) is 0 Å². The summed E-state index contributed by atoms with van der Waals surface area (Å²) < 4.78 is 30.7. The largest absolute Gasteiger partial charge is 0.492 e. The molecular formula is C16H21F2N5O. The van der Waals surface area contributed by atoms with Gasteiger partial charge < -0.3 is 16.2 Å². The Hall–Kier alpha value is -2.22. The average molecular weight is 337 g/mol. The molecule has 0 spiro atoms. The van der Waals surface area contributed by atoms with Crippen molar-refractivity contribution < 1.29 is 13.5 Å². The Bertz CT molecular complexity index is 704. The third-order valence-corrected chi connectivity index (χ3v) is 4.31. The summed E-state index contributed by atoms with van der Waals surface area (Å²) in [6.45, 7) is 1.73. The number of ether oxygens (including phenoxy) is 1. The predicted molar refractivity (Wildman–Crippen MR) is 89.0 cm³/mol. The van der Waals surface area contributed by atoms with Crippen molar-refractivity contribution in [3.63, 3.8) is 0 Å². The molecule has 24 heavy (non-hydrogen) atoms. The molecule has 0 radical (unpaired) electrons. The van der Waals surface area contributed by atoms with Gasteiger partial charge in [-0.05, 0) is 44.0 Å². The summed E-state index contributed by atoms with van der Waals surface area (Å²) in [6.07, 6.45) is -0.587. The van der Waals surface area contributed by atoms with Gasteiger partial charge in [-0.2, -0.15) is 4.98 Å². The number of likely N-dealkylation sites (tertiary alicyclic amines) is 1. The van der Waals surface area contributed by atoms with Crippen molar-refractivity contribution in [3.05, 3.63) is 18.2 Å². The van der Waals surface area contributed by atoms with Gasteiger partial charge in [0.05, 0.1) is 24.1 Å². The van der Waals surface area contributed by atoms with E-state index in [-0.39, 0.29) is 12.5 Å². The van der Waals surface area contributed by atoms with Crippen LogP contribution in [0.2, 0.25) is 0 Å². The van der Waals surface area contributed by atoms with Crippen molar-refractivity contribution in [2.45, 2.75) is 19.3 Å². The summed E-state index contributed by atoms with van der Waals surface area (Å²) >= 11 is 0. The zero-order valence-electron chi connectivity index (χ0n) is 13.3. The van der Waals surface area contributed by atoms with Gasteiger partial charge in [-0.1, -0.05) is 6.07 Å². The molecule has 4 N–H and O–H groups in total. The van der Waals surface area contributed by atoms with Crippen molar-refractivity contribution in [2.75, 3.05) is 37.7 Å². The van der Waals surface area contributed by atoms with Crippen LogP contribution in [0.1, 0.15) is 12.8 Å². The summed E-state index contributed by atoms with van der Waals surface area (Å²) in [5, 5.41) is 0.654. The molecule has 0 saturated carbocycles. The molecule has 1 aliphatic heterocycles. The molecule has 0 aliphatic carbocycles. The number of nitrogen functional groups attached to an aromatic ring is 2. The molecule has 1 aromatic heterocycles. The average Bonchev–Trinajstić information content (AvgIpc) is 2.53. The van der Waals surface area contributed by atoms with Crippen LogP contribution in [0.5, 0.6) is 5.75 Å². The lowest BCUT2D eigenvalue weighted by Crippen LogP contribution is -2.38. The standard InChI is InChI=1S/C16H21F2N5O/c17-13(18)8-23-6-4-10(5-7-23)9-24-12-3-1-2-11-14(12)15(19)22-16(20)21-11/h1-3,10,13H,4-9H2,(H4,19,20,21,22). The number of nitrogens with two attached hydrogens (primary N) is 2. The molecule has 0 amide bonds. The Morgan fingerprint density at radius 3 is 2.67 bits per heavy atom. The van der Waals surface area contributed by atoms with Crippen molar-refractivity contribution in [1.82, 2.24) is 14.9 Å². The maximum absolute atomic E-state index is 12.4. The number of alkyl halides is 2. The second-order valence-electron chi connectivity index (χ2n) is 6.06. The molecule has 1 fully saturated rings. The van der Waals surface area contributed by atoms with Crippen LogP contribution in [0.15, 0.2) is 18.2 Å². The molecular weight excluding hydrogens is 316 g/mol. The zero-order valence-corrected chi connectivity index (χ0v) is 13.3. The summed E-state index contributed by atoms with van der Waals surface area (Å²) in [6, 6.07) is 5.46. The highest BCUT2D eigenvalue weighted by molar-refractivity contribution is 5.94. The normalized spacial score (nSPS) is 16.8. The van der Waals surface area contributed by atoms with Crippen LogP contribution in [0.4, 0.5) is 20.5 Å². The fraction of sp³-hybridized carbons (Fsp3) is 0.500. The van der Waals surface area contributed by atoms with Gasteiger partial charge in [-0.15, -0.1) is 0 Å². The summed E-state index contributed by atoms with van der Waals surface area (Å²) in [5.74, 6) is 1.38. The van der Waals surface area contributed by atoms with E-state index in [1.165, 1.54) is 0 Å². The third kappa shape index (κ3) is 3.81. The van der Waals surface area contributed by atoms with E-state index >= 15 is 0 Å². The van der Waals surface area contributed by atoms with Crippen molar-refractivity contribution in [3.8, 4) is 5.75 Å². The molecule has 1 aliphatic rings. The summed E-state index contributed by atoms with van der Waals surface area (Å²) in [4.78, 5) is 9.94. The Balaban J connectivity index is 1.63. The van der Waals surface area contributed by atoms with Gasteiger partial charge in [0.2, 0.25) is 5.95 Å². The van der Waals surface area contributed by atoms with Crippen molar-refractivity contribution in [2.24, 2.45) is 5.92 Å². The number of rotatable bonds is 5. The molecule has 130 valence electrons. The molecule has 3 rings (SSSR count). The van der Waals surface area contributed by atoms with Crippen LogP contribution in [0.3, 0.4) is 0 Å². The van der Waals surface area contributed by atoms with E-state index in [0.717, 1.165) is 12.8 Å². The van der Waals surface area contributed by atoms with Gasteiger partial charge in [0.25, 0.3) is 6.43 Å². The number of piperidine rings is 1. The minimum atomic E-state index is -2.27. The van der Waals surface area contributed by atoms with Crippen LogP contribution in [0.25, 0.3) is 10.9 Å². The Labute approximate surface area is 138 Å². The number of halogens is 2. The smallest absolute Gasteiger partial charge is 0.251 e. The second-order valence-corrected chi connectivity index (χ2v) is 6.06. The van der Waals surface area contributed by atoms with E-state index < -0.39 is 6.43 Å². The molecule has 1 aromatic carbocycles. The van der Waals surface area contributed by atoms with Gasteiger partial charge >= 0.3 is 0 Å². The number of aromatic nitrogens is 2. The molecule has 1 saturated heterocycles. The van der Waals surface area contributed by atoms with E-state index in [1.807, 2.05) is 12.1 Å². The number of hydrogen-bond donors (Lipinski definition) is 2. The first-order valence-electron chi connectivity index (χ1n) is 7.98. The lowest BCUT2D eigenvalue weighted by molar-refractivity contribution is 0.0621. The first-order valence-corrected chi connectivity index (χ1v) is 7.98. The Kier molecular flexibility index (Phi) is 4.94. The molecule has 0 bridgehead atoms. The second kappa shape index (κ2) is 7.12. The molecule has 2 aromatic rings. The molecule has 0 unspecified atom stereocenters. The minimum absolute atomic E-state index is 0.128. The van der Waals surface area contributed by atoms with E-state index in [2.05, 4.69) is 9.97 Å². The minimum Gasteiger partial charge on any atom is -0.492 e. The monoisotopic (exact) mass is 337 g/mol. The maximum atomic E-state index is 12.4. The summed E-state index contributed by atoms with van der Waals surface area (Å²) in [7, 11) is 0. The summed E-state index contributed by atoms with van der Waals surface area (Å²) in [5.41, 5.74) is 12.2. The number of benzene rings is 1. The first kappa shape index (κ1) is 16.6. The van der Waals surface area contributed by atoms with Crippen LogP contribution in [-0.4, -0.2) is 47.5 Å². The van der Waals surface area contributed by atoms with Crippen molar-refractivity contribution in [1.29, 1.82) is 0 Å². The number of hydrogen-bond acceptors (Lipinski definition) is 6. The Morgan fingerprint density at radius 1 is 1.21 bits per heavy atom. The Morgan fingerprint density at radius 2 is 1.96 bits per heavy atom. The molecule has 2 heterocycles. The van der Waals surface area contributed by atoms with Gasteiger partial charge in [-0.3, -0.25) is 4.90 Å². The highest BCUT2D eigenvalue weighted by atomic mass is 19.3. The quantitative estimate of drug-likeness (QED) is 0.869. The number of anilines is 2. The van der Waals surface area contributed by atoms with Crippen LogP contribution in [0, 0.1) is 5.92 Å². The predicted octanol–water partition coefficient (Wildman–Crippen LogP) is 2.15. The zero-order chi connectivity index (χ0) is 17.1. The van der Waals surface area contributed by atoms with Crippen LogP contribution < -0.4 is 16.2 Å². The van der Waals surface area contributed by atoms with Crippen molar-refractivity contribution >= 4 is 22.7 Å². The van der Waals surface area contributed by atoms with Gasteiger partial charge in [-0.25, -0.2) is 13.8 Å². The molecule has 8 heteroatoms. The first-order chi connectivity index (χ1) is 11.5. The van der Waals surface area contributed by atoms with E-state index in [4.69, 9.17) is 16.2 Å². The molecule has 6 nitrogen and oxygen atoms in total.